The minimum Gasteiger partial charge on any atom is -0.368 e. The quantitative estimate of drug-likeness (QED) is 0.826. The van der Waals surface area contributed by atoms with E-state index < -0.39 is 5.60 Å². The van der Waals surface area contributed by atoms with Crippen molar-refractivity contribution in [2.75, 3.05) is 27.2 Å². The highest BCUT2D eigenvalue weighted by Gasteiger charge is 2.48. The van der Waals surface area contributed by atoms with Crippen molar-refractivity contribution >= 4 is 10.9 Å². The lowest BCUT2D eigenvalue weighted by Gasteiger charge is -2.49. The molecule has 2 aromatic rings. The van der Waals surface area contributed by atoms with E-state index in [0.717, 1.165) is 13.0 Å². The molecule has 2 aliphatic rings. The van der Waals surface area contributed by atoms with Gasteiger partial charge in [-0.1, -0.05) is 12.1 Å². The number of rotatable bonds is 2. The lowest BCUT2D eigenvalue weighted by atomic mass is 9.73. The van der Waals surface area contributed by atoms with Gasteiger partial charge in [-0.15, -0.1) is 0 Å². The number of nitrogens with zero attached hydrogens (tertiary/aromatic N) is 1. The monoisotopic (exact) mass is 283 g/mol. The summed E-state index contributed by atoms with van der Waals surface area (Å²) in [6.45, 7) is 1.50. The third-order valence-electron chi connectivity index (χ3n) is 5.12. The van der Waals surface area contributed by atoms with E-state index in [9.17, 15) is 0 Å². The summed E-state index contributed by atoms with van der Waals surface area (Å²) >= 11 is 0. The van der Waals surface area contributed by atoms with E-state index in [2.05, 4.69) is 47.4 Å². The molecule has 1 aromatic heterocycles. The smallest absolute Gasteiger partial charge is 0.128 e. The number of hydrogen-bond acceptors (Lipinski definition) is 3. The molecule has 0 radical (unpaired) electrons. The van der Waals surface area contributed by atoms with E-state index in [1.807, 2.05) is 7.11 Å². The molecule has 110 valence electrons. The zero-order valence-corrected chi connectivity index (χ0v) is 12.5. The van der Waals surface area contributed by atoms with Crippen molar-refractivity contribution in [3.8, 4) is 0 Å². The Balaban J connectivity index is 2.04. The molecule has 0 saturated carbocycles. The SMILES string of the molecule is CO[C@]12C=C(CN)CN(C)[C@@H]1Cc1c[nH]c3cccc2c13. The summed E-state index contributed by atoms with van der Waals surface area (Å²) in [5, 5.41) is 1.32. The summed E-state index contributed by atoms with van der Waals surface area (Å²) in [6.07, 6.45) is 5.40. The van der Waals surface area contributed by atoms with E-state index in [0.29, 0.717) is 12.6 Å². The van der Waals surface area contributed by atoms with Crippen molar-refractivity contribution in [2.45, 2.75) is 18.1 Å². The van der Waals surface area contributed by atoms with Crippen molar-refractivity contribution in [2.24, 2.45) is 5.73 Å². The number of aromatic amines is 1. The molecule has 1 aliphatic heterocycles. The Hall–Kier alpha value is -1.62. The van der Waals surface area contributed by atoms with Crippen LogP contribution in [0.1, 0.15) is 11.1 Å². The number of H-pyrrole nitrogens is 1. The van der Waals surface area contributed by atoms with Crippen LogP contribution in [-0.2, 0) is 16.8 Å². The van der Waals surface area contributed by atoms with E-state index in [1.165, 1.54) is 27.6 Å². The zero-order chi connectivity index (χ0) is 14.6. The molecular weight excluding hydrogens is 262 g/mol. The van der Waals surface area contributed by atoms with E-state index in [4.69, 9.17) is 10.5 Å². The standard InChI is InChI=1S/C17H21N3O/c1-20-10-11(8-18)7-17(21-2)13-4-3-5-14-16(13)12(9-19-14)6-15(17)20/h3-5,7,9,15,19H,6,8,10,18H2,1-2H3/t15-,17+/m1/s1. The highest BCUT2D eigenvalue weighted by Crippen LogP contribution is 2.46. The lowest BCUT2D eigenvalue weighted by molar-refractivity contribution is -0.0500. The van der Waals surface area contributed by atoms with Gasteiger partial charge in [-0.2, -0.15) is 0 Å². The van der Waals surface area contributed by atoms with Crippen molar-refractivity contribution in [3.63, 3.8) is 0 Å². The van der Waals surface area contributed by atoms with E-state index in [1.54, 1.807) is 0 Å². The van der Waals surface area contributed by atoms with Gasteiger partial charge < -0.3 is 15.5 Å². The molecule has 2 heterocycles. The van der Waals surface area contributed by atoms with Crippen LogP contribution in [-0.4, -0.2) is 43.2 Å². The third-order valence-corrected chi connectivity index (χ3v) is 5.12. The predicted octanol–water partition coefficient (Wildman–Crippen LogP) is 1.76. The Morgan fingerprint density at radius 1 is 1.48 bits per heavy atom. The number of nitrogens with one attached hydrogen (secondary N) is 1. The van der Waals surface area contributed by atoms with Crippen LogP contribution < -0.4 is 5.73 Å². The van der Waals surface area contributed by atoms with Gasteiger partial charge in [0.2, 0.25) is 0 Å². The Labute approximate surface area is 124 Å². The summed E-state index contributed by atoms with van der Waals surface area (Å²) in [5.41, 5.74) is 10.6. The molecule has 0 saturated heterocycles. The summed E-state index contributed by atoms with van der Waals surface area (Å²) in [5.74, 6) is 0. The molecule has 0 fully saturated rings. The Morgan fingerprint density at radius 3 is 3.10 bits per heavy atom. The maximum atomic E-state index is 6.11. The van der Waals surface area contributed by atoms with Crippen LogP contribution in [0.4, 0.5) is 0 Å². The molecule has 0 spiro atoms. The van der Waals surface area contributed by atoms with Crippen molar-refractivity contribution < 1.29 is 4.74 Å². The average molecular weight is 283 g/mol. The average Bonchev–Trinajstić information content (AvgIpc) is 2.93. The zero-order valence-electron chi connectivity index (χ0n) is 12.5. The fourth-order valence-electron chi connectivity index (χ4n) is 4.15. The van der Waals surface area contributed by atoms with Gasteiger partial charge in [0.25, 0.3) is 0 Å². The molecule has 3 N–H and O–H groups in total. The molecule has 1 aromatic carbocycles. The fourth-order valence-corrected chi connectivity index (χ4v) is 4.15. The second-order valence-electron chi connectivity index (χ2n) is 6.18. The van der Waals surface area contributed by atoms with Gasteiger partial charge in [0.15, 0.2) is 0 Å². The summed E-state index contributed by atoms with van der Waals surface area (Å²) < 4.78 is 6.11. The molecule has 0 unspecified atom stereocenters. The fraction of sp³-hybridized carbons (Fsp3) is 0.412. The normalized spacial score (nSPS) is 28.5. The molecule has 21 heavy (non-hydrogen) atoms. The second-order valence-corrected chi connectivity index (χ2v) is 6.18. The maximum Gasteiger partial charge on any atom is 0.128 e. The Kier molecular flexibility index (Phi) is 2.76. The van der Waals surface area contributed by atoms with Crippen LogP contribution in [0.5, 0.6) is 0 Å². The topological polar surface area (TPSA) is 54.3 Å². The van der Waals surface area contributed by atoms with Crippen molar-refractivity contribution in [1.82, 2.24) is 9.88 Å². The molecular formula is C17H21N3O. The number of ether oxygens (including phenoxy) is 1. The Bertz CT molecular complexity index is 733. The number of nitrogens with two attached hydrogens (primary N) is 1. The Morgan fingerprint density at radius 2 is 2.33 bits per heavy atom. The van der Waals surface area contributed by atoms with Gasteiger partial charge in [-0.3, -0.25) is 4.90 Å². The van der Waals surface area contributed by atoms with Crippen molar-refractivity contribution in [1.29, 1.82) is 0 Å². The van der Waals surface area contributed by atoms with Gasteiger partial charge in [0.05, 0.1) is 6.04 Å². The molecule has 4 nitrogen and oxygen atoms in total. The molecule has 0 bridgehead atoms. The van der Waals surface area contributed by atoms with Crippen LogP contribution in [0.25, 0.3) is 10.9 Å². The van der Waals surface area contributed by atoms with Crippen LogP contribution in [0, 0.1) is 0 Å². The number of hydrogen-bond donors (Lipinski definition) is 2. The van der Waals surface area contributed by atoms with Gasteiger partial charge in [0.1, 0.15) is 5.60 Å². The summed E-state index contributed by atoms with van der Waals surface area (Å²) in [6, 6.07) is 6.74. The van der Waals surface area contributed by atoms with Gasteiger partial charge in [-0.05, 0) is 42.3 Å². The highest BCUT2D eigenvalue weighted by molar-refractivity contribution is 5.89. The summed E-state index contributed by atoms with van der Waals surface area (Å²) in [4.78, 5) is 5.77. The number of likely N-dealkylation sites (N-methyl/N-ethyl adjacent to an activating group) is 1. The van der Waals surface area contributed by atoms with Gasteiger partial charge in [-0.25, -0.2) is 0 Å². The van der Waals surface area contributed by atoms with E-state index >= 15 is 0 Å². The first-order valence-electron chi connectivity index (χ1n) is 7.45. The first-order valence-corrected chi connectivity index (χ1v) is 7.45. The van der Waals surface area contributed by atoms with Crippen LogP contribution in [0.15, 0.2) is 36.0 Å². The number of benzene rings is 1. The van der Waals surface area contributed by atoms with Crippen LogP contribution in [0.3, 0.4) is 0 Å². The molecule has 4 heteroatoms. The first kappa shape index (κ1) is 13.1. The molecule has 4 rings (SSSR count). The van der Waals surface area contributed by atoms with Crippen LogP contribution in [0.2, 0.25) is 0 Å². The van der Waals surface area contributed by atoms with Crippen LogP contribution >= 0.6 is 0 Å². The minimum absolute atomic E-state index is 0.312. The summed E-state index contributed by atoms with van der Waals surface area (Å²) in [7, 11) is 3.98. The molecule has 0 amide bonds. The largest absolute Gasteiger partial charge is 0.368 e. The first-order chi connectivity index (χ1) is 10.2. The van der Waals surface area contributed by atoms with E-state index in [-0.39, 0.29) is 0 Å². The number of fused-ring (bicyclic) bond motifs is 2. The number of methoxy groups -OCH3 is 1. The third kappa shape index (κ3) is 1.61. The predicted molar refractivity (Wildman–Crippen MR) is 84.2 cm³/mol. The van der Waals surface area contributed by atoms with Gasteiger partial charge in [0, 0.05) is 37.3 Å². The maximum absolute atomic E-state index is 6.11. The highest BCUT2D eigenvalue weighted by atomic mass is 16.5. The minimum atomic E-state index is -0.392. The number of aromatic nitrogens is 1. The van der Waals surface area contributed by atoms with Gasteiger partial charge >= 0.3 is 0 Å². The van der Waals surface area contributed by atoms with Crippen molar-refractivity contribution in [3.05, 3.63) is 47.2 Å². The molecule has 2 atom stereocenters. The second kappa shape index (κ2) is 4.44. The lowest BCUT2D eigenvalue weighted by Crippen LogP contribution is -2.56. The molecule has 1 aliphatic carbocycles.